The summed E-state index contributed by atoms with van der Waals surface area (Å²) in [7, 11) is 0. The molecule has 4 rings (SSSR count). The second-order valence-electron chi connectivity index (χ2n) is 6.97. The molecule has 2 aliphatic heterocycles. The van der Waals surface area contributed by atoms with E-state index < -0.39 is 23.5 Å². The van der Waals surface area contributed by atoms with E-state index in [0.717, 1.165) is 25.9 Å². The fourth-order valence-electron chi connectivity index (χ4n) is 3.81. The summed E-state index contributed by atoms with van der Waals surface area (Å²) in [5, 5.41) is 10.5. The lowest BCUT2D eigenvalue weighted by Crippen LogP contribution is -2.37. The van der Waals surface area contributed by atoms with E-state index in [1.165, 1.54) is 17.2 Å². The Morgan fingerprint density at radius 3 is 2.63 bits per heavy atom. The highest BCUT2D eigenvalue weighted by Gasteiger charge is 2.45. The van der Waals surface area contributed by atoms with Gasteiger partial charge in [-0.2, -0.15) is 0 Å². The molecule has 0 saturated carbocycles. The van der Waals surface area contributed by atoms with E-state index in [1.54, 1.807) is 25.1 Å². The first-order valence-corrected chi connectivity index (χ1v) is 9.17. The first kappa shape index (κ1) is 17.6. The van der Waals surface area contributed by atoms with Crippen molar-refractivity contribution in [2.75, 3.05) is 26.2 Å². The predicted molar refractivity (Wildman–Crippen MR) is 96.3 cm³/mol. The first-order valence-electron chi connectivity index (χ1n) is 9.17. The Bertz CT molecular complexity index is 874. The van der Waals surface area contributed by atoms with Crippen molar-refractivity contribution in [3.8, 4) is 0 Å². The van der Waals surface area contributed by atoms with Crippen molar-refractivity contribution in [2.24, 2.45) is 0 Å². The van der Waals surface area contributed by atoms with Crippen LogP contribution in [0.15, 0.2) is 50.7 Å². The minimum atomic E-state index is -0.758. The van der Waals surface area contributed by atoms with E-state index in [9.17, 15) is 14.7 Å². The molecule has 2 aliphatic rings. The molecule has 1 N–H and O–H groups in total. The molecule has 0 radical (unpaired) electrons. The van der Waals surface area contributed by atoms with Crippen LogP contribution in [0.2, 0.25) is 0 Å². The maximum atomic E-state index is 12.9. The number of amides is 1. The predicted octanol–water partition coefficient (Wildman–Crippen LogP) is 2.86. The van der Waals surface area contributed by atoms with Crippen LogP contribution in [0.25, 0.3) is 0 Å². The maximum absolute atomic E-state index is 12.9. The molecule has 7 nitrogen and oxygen atoms in total. The number of aliphatic hydroxyl groups is 1. The zero-order valence-electron chi connectivity index (χ0n) is 15.2. The molecule has 1 amide bonds. The molecule has 2 aromatic rings. The Kier molecular flexibility index (Phi) is 4.61. The third-order valence-corrected chi connectivity index (χ3v) is 5.18. The maximum Gasteiger partial charge on any atom is 0.290 e. The number of hydrogen-bond acceptors (Lipinski definition) is 6. The summed E-state index contributed by atoms with van der Waals surface area (Å²) in [5.74, 6) is -0.373. The van der Waals surface area contributed by atoms with Gasteiger partial charge in [-0.25, -0.2) is 0 Å². The molecule has 4 heterocycles. The average molecular weight is 370 g/mol. The van der Waals surface area contributed by atoms with Crippen LogP contribution in [0.1, 0.15) is 41.0 Å². The van der Waals surface area contributed by atoms with Gasteiger partial charge in [0.15, 0.2) is 11.5 Å². The number of aliphatic hydroxyl groups excluding tert-OH is 1. The lowest BCUT2D eigenvalue weighted by molar-refractivity contribution is -0.129. The van der Waals surface area contributed by atoms with E-state index in [4.69, 9.17) is 8.83 Å². The van der Waals surface area contributed by atoms with Gasteiger partial charge in [-0.15, -0.1) is 0 Å². The molecule has 0 aromatic carbocycles. The number of nitrogens with zero attached hydrogens (tertiary/aromatic N) is 2. The van der Waals surface area contributed by atoms with E-state index >= 15 is 0 Å². The number of likely N-dealkylation sites (tertiary alicyclic amines) is 1. The summed E-state index contributed by atoms with van der Waals surface area (Å²) in [6.07, 6.45) is 3.69. The van der Waals surface area contributed by atoms with E-state index in [-0.39, 0.29) is 11.3 Å². The van der Waals surface area contributed by atoms with Crippen molar-refractivity contribution in [2.45, 2.75) is 25.8 Å². The lowest BCUT2D eigenvalue weighted by atomic mass is 10.00. The van der Waals surface area contributed by atoms with Crippen molar-refractivity contribution in [1.29, 1.82) is 0 Å². The molecule has 7 heteroatoms. The SMILES string of the molecule is Cc1ccc(C2C(C(=O)c3ccco3)=C(O)C(=O)N2CCN2CCCC2)o1. The van der Waals surface area contributed by atoms with Gasteiger partial charge < -0.3 is 23.7 Å². The molecule has 0 aliphatic carbocycles. The quantitative estimate of drug-likeness (QED) is 0.787. The first-order chi connectivity index (χ1) is 13.1. The number of aryl methyl sites for hydroxylation is 1. The molecule has 1 fully saturated rings. The summed E-state index contributed by atoms with van der Waals surface area (Å²) in [4.78, 5) is 29.5. The van der Waals surface area contributed by atoms with E-state index in [1.807, 2.05) is 0 Å². The number of hydrogen-bond donors (Lipinski definition) is 1. The smallest absolute Gasteiger partial charge is 0.290 e. The van der Waals surface area contributed by atoms with Gasteiger partial charge in [0.2, 0.25) is 5.78 Å². The van der Waals surface area contributed by atoms with Crippen LogP contribution in [0, 0.1) is 6.92 Å². The highest BCUT2D eigenvalue weighted by Crippen LogP contribution is 2.39. The second kappa shape index (κ2) is 7.08. The van der Waals surface area contributed by atoms with E-state index in [0.29, 0.717) is 24.6 Å². The summed E-state index contributed by atoms with van der Waals surface area (Å²) in [6, 6.07) is 5.88. The van der Waals surface area contributed by atoms with Gasteiger partial charge in [0.05, 0.1) is 11.8 Å². The molecule has 1 unspecified atom stereocenters. The van der Waals surface area contributed by atoms with Crippen LogP contribution in [0.5, 0.6) is 0 Å². The van der Waals surface area contributed by atoms with Crippen LogP contribution in [-0.4, -0.2) is 52.8 Å². The fourth-order valence-corrected chi connectivity index (χ4v) is 3.81. The third kappa shape index (κ3) is 3.19. The van der Waals surface area contributed by atoms with Gasteiger partial charge in [0, 0.05) is 13.1 Å². The Balaban J connectivity index is 1.67. The topological polar surface area (TPSA) is 87.1 Å². The molecular weight excluding hydrogens is 348 g/mol. The van der Waals surface area contributed by atoms with Crippen LogP contribution >= 0.6 is 0 Å². The Labute approximate surface area is 156 Å². The van der Waals surface area contributed by atoms with Crippen molar-refractivity contribution < 1.29 is 23.5 Å². The second-order valence-corrected chi connectivity index (χ2v) is 6.97. The summed E-state index contributed by atoms with van der Waals surface area (Å²) >= 11 is 0. The van der Waals surface area contributed by atoms with Crippen LogP contribution in [0.4, 0.5) is 0 Å². The number of carbonyl (C=O) groups excluding carboxylic acids is 2. The van der Waals surface area contributed by atoms with Gasteiger partial charge in [-0.1, -0.05) is 0 Å². The largest absolute Gasteiger partial charge is 0.503 e. The monoisotopic (exact) mass is 370 g/mol. The minimum Gasteiger partial charge on any atom is -0.503 e. The van der Waals surface area contributed by atoms with Crippen LogP contribution in [-0.2, 0) is 4.79 Å². The molecule has 2 aromatic heterocycles. The molecule has 0 spiro atoms. The van der Waals surface area contributed by atoms with Gasteiger partial charge >= 0.3 is 0 Å². The normalized spacial score (nSPS) is 20.9. The van der Waals surface area contributed by atoms with E-state index in [2.05, 4.69) is 4.90 Å². The highest BCUT2D eigenvalue weighted by molar-refractivity contribution is 6.14. The summed E-state index contributed by atoms with van der Waals surface area (Å²) in [5.41, 5.74) is 0.00530. The molecular formula is C20H22N2O5. The van der Waals surface area contributed by atoms with Gasteiger partial charge in [-0.3, -0.25) is 9.59 Å². The van der Waals surface area contributed by atoms with Gasteiger partial charge in [0.25, 0.3) is 5.91 Å². The molecule has 142 valence electrons. The van der Waals surface area contributed by atoms with Crippen molar-refractivity contribution in [3.05, 3.63) is 59.1 Å². The van der Waals surface area contributed by atoms with Gasteiger partial charge in [0.1, 0.15) is 17.6 Å². The summed E-state index contributed by atoms with van der Waals surface area (Å²) < 4.78 is 10.9. The number of carbonyl (C=O) groups is 2. The number of furan rings is 2. The summed E-state index contributed by atoms with van der Waals surface area (Å²) in [6.45, 7) is 4.90. The zero-order valence-corrected chi connectivity index (χ0v) is 15.2. The Hall–Kier alpha value is -2.80. The standard InChI is InChI=1S/C20H22N2O5/c1-13-6-7-14(27-13)17-16(18(23)15-5-4-12-26-15)19(24)20(25)22(17)11-10-21-8-2-3-9-21/h4-7,12,17,24H,2-3,8-11H2,1H3. The number of Topliss-reactive ketones (excluding diaryl/α,β-unsaturated/α-hetero) is 1. The Morgan fingerprint density at radius 2 is 2.00 bits per heavy atom. The van der Waals surface area contributed by atoms with Crippen molar-refractivity contribution in [3.63, 3.8) is 0 Å². The third-order valence-electron chi connectivity index (χ3n) is 5.18. The average Bonchev–Trinajstić information content (AvgIpc) is 3.43. The van der Waals surface area contributed by atoms with Crippen molar-refractivity contribution >= 4 is 11.7 Å². The van der Waals surface area contributed by atoms with Crippen LogP contribution < -0.4 is 0 Å². The molecule has 1 atom stereocenters. The highest BCUT2D eigenvalue weighted by atomic mass is 16.3. The number of ketones is 1. The lowest BCUT2D eigenvalue weighted by Gasteiger charge is -2.27. The number of rotatable bonds is 6. The molecule has 27 heavy (non-hydrogen) atoms. The fraction of sp³-hybridized carbons (Fsp3) is 0.400. The minimum absolute atomic E-state index is 0.00530. The molecule has 0 bridgehead atoms. The van der Waals surface area contributed by atoms with Crippen molar-refractivity contribution in [1.82, 2.24) is 9.80 Å². The Morgan fingerprint density at radius 1 is 1.22 bits per heavy atom. The van der Waals surface area contributed by atoms with Gasteiger partial charge in [-0.05, 0) is 57.1 Å². The van der Waals surface area contributed by atoms with Crippen LogP contribution in [0.3, 0.4) is 0 Å². The molecule has 1 saturated heterocycles. The zero-order chi connectivity index (χ0) is 19.0.